The molecule has 6 nitrogen and oxygen atoms in total. The van der Waals surface area contributed by atoms with Crippen molar-refractivity contribution in [2.45, 2.75) is 38.0 Å². The number of carbonyl (C=O) groups excluding carboxylic acids is 1. The highest BCUT2D eigenvalue weighted by Gasteiger charge is 2.80. The molecule has 0 aromatic rings. The fourth-order valence-corrected chi connectivity index (χ4v) is 6.67. The fraction of sp³-hybridized carbons (Fsp3) is 0.650. The molecule has 138 valence electrons. The Balaban J connectivity index is 1.57. The van der Waals surface area contributed by atoms with Gasteiger partial charge in [0.15, 0.2) is 5.76 Å². The largest absolute Gasteiger partial charge is 0.458 e. The monoisotopic (exact) mass is 357 g/mol. The van der Waals surface area contributed by atoms with Crippen molar-refractivity contribution in [1.29, 1.82) is 0 Å². The summed E-state index contributed by atoms with van der Waals surface area (Å²) in [5.74, 6) is 1.61. The van der Waals surface area contributed by atoms with E-state index in [9.17, 15) is 4.79 Å². The number of methoxy groups -OCH3 is 1. The van der Waals surface area contributed by atoms with Crippen molar-refractivity contribution in [3.63, 3.8) is 0 Å². The van der Waals surface area contributed by atoms with Gasteiger partial charge in [-0.2, -0.15) is 0 Å². The standard InChI is InChI=1S/C20H23NO5/c1-19-16-10(4-5-21(16)2)6-14(23-3)17(19)26-18(22)11-7-13-15(25-9-24-13)12-8-20(11,12)19/h6-7,12,14,16-17H,4-5,8-9H2,1-3H3/t12?,14-,16+,17+,19-,20?/m1/s1. The van der Waals surface area contributed by atoms with E-state index in [1.54, 1.807) is 7.11 Å². The van der Waals surface area contributed by atoms with Crippen LogP contribution in [0.3, 0.4) is 0 Å². The normalized spacial score (nSPS) is 48.0. The van der Waals surface area contributed by atoms with Crippen LogP contribution in [0.2, 0.25) is 0 Å². The molecule has 6 aliphatic rings. The van der Waals surface area contributed by atoms with E-state index < -0.39 is 0 Å². The third-order valence-electron chi connectivity index (χ3n) is 7.77. The van der Waals surface area contributed by atoms with Gasteiger partial charge in [0.1, 0.15) is 18.0 Å². The molecule has 3 aliphatic heterocycles. The van der Waals surface area contributed by atoms with Crippen LogP contribution in [-0.4, -0.2) is 56.6 Å². The number of rotatable bonds is 1. The third-order valence-corrected chi connectivity index (χ3v) is 7.77. The first kappa shape index (κ1) is 15.3. The minimum absolute atomic E-state index is 0.199. The Labute approximate surface area is 152 Å². The Kier molecular flexibility index (Phi) is 2.67. The number of ether oxygens (including phenoxy) is 4. The van der Waals surface area contributed by atoms with Crippen LogP contribution in [0.25, 0.3) is 0 Å². The molecule has 3 fully saturated rings. The molecule has 3 heterocycles. The summed E-state index contributed by atoms with van der Waals surface area (Å²) >= 11 is 0. The summed E-state index contributed by atoms with van der Waals surface area (Å²) in [7, 11) is 3.88. The quantitative estimate of drug-likeness (QED) is 0.526. The molecule has 1 spiro atoms. The minimum atomic E-state index is -0.291. The number of likely N-dealkylation sites (tertiary alicyclic amines) is 1. The summed E-state index contributed by atoms with van der Waals surface area (Å²) in [6, 6.07) is 0.255. The molecule has 0 amide bonds. The van der Waals surface area contributed by atoms with Crippen molar-refractivity contribution >= 4 is 5.97 Å². The van der Waals surface area contributed by atoms with Gasteiger partial charge in [0, 0.05) is 42.0 Å². The second kappa shape index (κ2) is 4.54. The number of carbonyl (C=O) groups is 1. The molecule has 2 unspecified atom stereocenters. The first-order valence-electron chi connectivity index (χ1n) is 9.39. The maximum atomic E-state index is 13.0. The third kappa shape index (κ3) is 1.44. The van der Waals surface area contributed by atoms with E-state index in [0.29, 0.717) is 5.76 Å². The Morgan fingerprint density at radius 1 is 1.35 bits per heavy atom. The van der Waals surface area contributed by atoms with Gasteiger partial charge in [-0.3, -0.25) is 4.90 Å². The number of hydrogen-bond donors (Lipinski definition) is 0. The van der Waals surface area contributed by atoms with E-state index in [1.807, 2.05) is 6.08 Å². The summed E-state index contributed by atoms with van der Waals surface area (Å²) < 4.78 is 23.2. The molecule has 0 bridgehead atoms. The van der Waals surface area contributed by atoms with E-state index in [-0.39, 0.29) is 47.8 Å². The average Bonchev–Trinajstić information content (AvgIpc) is 3.02. The lowest BCUT2D eigenvalue weighted by Crippen LogP contribution is -2.65. The van der Waals surface area contributed by atoms with Crippen LogP contribution in [-0.2, 0) is 23.7 Å². The zero-order valence-corrected chi connectivity index (χ0v) is 15.3. The van der Waals surface area contributed by atoms with Crippen molar-refractivity contribution in [2.75, 3.05) is 27.5 Å². The Morgan fingerprint density at radius 3 is 3.00 bits per heavy atom. The highest BCUT2D eigenvalue weighted by molar-refractivity contribution is 5.94. The first-order valence-corrected chi connectivity index (χ1v) is 9.39. The van der Waals surface area contributed by atoms with E-state index in [1.165, 1.54) is 5.57 Å². The Bertz CT molecular complexity index is 828. The number of fused-ring (bicyclic) bond motifs is 4. The number of likely N-dealkylation sites (N-methyl/N-ethyl adjacent to an activating group) is 1. The molecule has 6 atom stereocenters. The molecule has 1 saturated carbocycles. The lowest BCUT2D eigenvalue weighted by atomic mass is 9.54. The van der Waals surface area contributed by atoms with Gasteiger partial charge in [0.25, 0.3) is 0 Å². The first-order chi connectivity index (χ1) is 12.5. The van der Waals surface area contributed by atoms with E-state index >= 15 is 0 Å². The predicted octanol–water partition coefficient (Wildman–Crippen LogP) is 1.74. The van der Waals surface area contributed by atoms with Gasteiger partial charge in [-0.15, -0.1) is 0 Å². The number of nitrogens with zero attached hydrogens (tertiary/aromatic N) is 1. The van der Waals surface area contributed by atoms with Crippen molar-refractivity contribution in [1.82, 2.24) is 4.90 Å². The Morgan fingerprint density at radius 2 is 2.19 bits per heavy atom. The maximum Gasteiger partial charge on any atom is 0.335 e. The van der Waals surface area contributed by atoms with Crippen molar-refractivity contribution < 1.29 is 23.7 Å². The lowest BCUT2D eigenvalue weighted by molar-refractivity contribution is -0.189. The van der Waals surface area contributed by atoms with Crippen LogP contribution in [0.1, 0.15) is 19.8 Å². The van der Waals surface area contributed by atoms with Gasteiger partial charge in [-0.1, -0.05) is 18.6 Å². The zero-order valence-electron chi connectivity index (χ0n) is 15.3. The van der Waals surface area contributed by atoms with Crippen molar-refractivity contribution in [3.8, 4) is 0 Å². The maximum absolute atomic E-state index is 13.0. The van der Waals surface area contributed by atoms with Gasteiger partial charge >= 0.3 is 5.97 Å². The summed E-state index contributed by atoms with van der Waals surface area (Å²) in [6.45, 7) is 3.56. The average molecular weight is 357 g/mol. The topological polar surface area (TPSA) is 57.2 Å². The molecule has 0 aromatic carbocycles. The molecular formula is C20H23NO5. The molecule has 6 heteroatoms. The van der Waals surface area contributed by atoms with Gasteiger partial charge < -0.3 is 18.9 Å². The SMILES string of the molecule is CO[C@@H]1C=C2CCN(C)[C@@H]2[C@]2(C)[C@H]1OC(=O)C1=CC3=C(OCO3)C3CC132. The van der Waals surface area contributed by atoms with E-state index in [0.717, 1.165) is 30.7 Å². The summed E-state index contributed by atoms with van der Waals surface area (Å²) in [6.07, 6.45) is 5.54. The van der Waals surface area contributed by atoms with Crippen LogP contribution in [0, 0.1) is 16.7 Å². The number of esters is 1. The predicted molar refractivity (Wildman–Crippen MR) is 90.6 cm³/mol. The zero-order chi connectivity index (χ0) is 17.8. The highest BCUT2D eigenvalue weighted by atomic mass is 16.7. The van der Waals surface area contributed by atoms with Gasteiger partial charge in [0.2, 0.25) is 6.79 Å². The second-order valence-corrected chi connectivity index (χ2v) is 8.60. The molecule has 0 radical (unpaired) electrons. The highest BCUT2D eigenvalue weighted by Crippen LogP contribution is 2.78. The van der Waals surface area contributed by atoms with Crippen LogP contribution >= 0.6 is 0 Å². The number of hydrogen-bond acceptors (Lipinski definition) is 6. The summed E-state index contributed by atoms with van der Waals surface area (Å²) in [5, 5.41) is 0. The number of allylic oxidation sites excluding steroid dienone is 2. The lowest BCUT2D eigenvalue weighted by Gasteiger charge is -2.57. The fourth-order valence-electron chi connectivity index (χ4n) is 6.67. The second-order valence-electron chi connectivity index (χ2n) is 8.60. The molecule has 2 saturated heterocycles. The molecule has 26 heavy (non-hydrogen) atoms. The molecule has 6 rings (SSSR count). The summed E-state index contributed by atoms with van der Waals surface area (Å²) in [5.41, 5.74) is 1.68. The van der Waals surface area contributed by atoms with Crippen molar-refractivity contribution in [3.05, 3.63) is 34.8 Å². The van der Waals surface area contributed by atoms with E-state index in [4.69, 9.17) is 18.9 Å². The molecule has 0 aromatic heterocycles. The van der Waals surface area contributed by atoms with E-state index in [2.05, 4.69) is 24.9 Å². The smallest absolute Gasteiger partial charge is 0.335 e. The van der Waals surface area contributed by atoms with Gasteiger partial charge in [0.05, 0.1) is 0 Å². The Hall–Kier alpha value is -1.79. The van der Waals surface area contributed by atoms with Gasteiger partial charge in [-0.05, 0) is 26.0 Å². The molecular weight excluding hydrogens is 334 g/mol. The van der Waals surface area contributed by atoms with Gasteiger partial charge in [-0.25, -0.2) is 4.79 Å². The molecule has 0 N–H and O–H groups in total. The van der Waals surface area contributed by atoms with Crippen LogP contribution in [0.4, 0.5) is 0 Å². The van der Waals surface area contributed by atoms with Crippen molar-refractivity contribution in [2.24, 2.45) is 16.7 Å². The van der Waals surface area contributed by atoms with Crippen LogP contribution in [0.5, 0.6) is 0 Å². The van der Waals surface area contributed by atoms with Crippen LogP contribution < -0.4 is 0 Å². The molecule has 3 aliphatic carbocycles. The summed E-state index contributed by atoms with van der Waals surface area (Å²) in [4.78, 5) is 15.4. The van der Waals surface area contributed by atoms with Crippen LogP contribution in [0.15, 0.2) is 34.8 Å². The minimum Gasteiger partial charge on any atom is -0.458 e.